The van der Waals surface area contributed by atoms with E-state index in [2.05, 4.69) is 44.9 Å². The Morgan fingerprint density at radius 3 is 0.857 bits per heavy atom. The van der Waals surface area contributed by atoms with Crippen molar-refractivity contribution in [2.75, 3.05) is 0 Å². The Bertz CT molecular complexity index is 1740. The monoisotopic (exact) mass is 546 g/mol. The van der Waals surface area contributed by atoms with Crippen LogP contribution in [0.3, 0.4) is 0 Å². The Balaban J connectivity index is 1.38. The molecular formula is C30H18N12. The standard InChI is InChI=1S/C30H18N12/c1-4-22(40-25(7-1)28-34-13-31-14-35-28)19-10-20(23-5-2-8-26(41-23)29-36-15-32-16-37-29)12-21(11-19)24-6-3-9-27(42-24)30-38-17-33-18-39-30/h1-18H. The summed E-state index contributed by atoms with van der Waals surface area (Å²) in [4.78, 5) is 51.9. The maximum atomic E-state index is 4.87. The first-order valence-corrected chi connectivity index (χ1v) is 12.7. The molecule has 0 spiro atoms. The molecule has 0 fully saturated rings. The van der Waals surface area contributed by atoms with Crippen LogP contribution in [0.25, 0.3) is 68.3 Å². The van der Waals surface area contributed by atoms with Gasteiger partial charge in [-0.1, -0.05) is 18.2 Å². The number of rotatable bonds is 6. The summed E-state index contributed by atoms with van der Waals surface area (Å²) in [6, 6.07) is 23.3. The van der Waals surface area contributed by atoms with Crippen LogP contribution in [-0.4, -0.2) is 59.8 Å². The van der Waals surface area contributed by atoms with Gasteiger partial charge in [-0.25, -0.2) is 59.8 Å². The van der Waals surface area contributed by atoms with E-state index in [0.29, 0.717) is 34.6 Å². The Kier molecular flexibility index (Phi) is 6.51. The van der Waals surface area contributed by atoms with E-state index in [1.54, 1.807) is 0 Å². The highest BCUT2D eigenvalue weighted by Gasteiger charge is 2.14. The highest BCUT2D eigenvalue weighted by molar-refractivity contribution is 5.79. The van der Waals surface area contributed by atoms with E-state index in [1.807, 2.05) is 72.8 Å². The van der Waals surface area contributed by atoms with Crippen molar-refractivity contribution in [1.29, 1.82) is 0 Å². The van der Waals surface area contributed by atoms with Gasteiger partial charge in [0.1, 0.15) is 55.0 Å². The fourth-order valence-electron chi connectivity index (χ4n) is 4.35. The molecule has 0 unspecified atom stereocenters. The minimum atomic E-state index is 0.488. The van der Waals surface area contributed by atoms with Crippen molar-refractivity contribution in [1.82, 2.24) is 59.8 Å². The highest BCUT2D eigenvalue weighted by Crippen LogP contribution is 2.33. The first-order chi connectivity index (χ1) is 20.8. The summed E-state index contributed by atoms with van der Waals surface area (Å²) in [5.74, 6) is 1.46. The number of aromatic nitrogens is 12. The smallest absolute Gasteiger partial charge is 0.181 e. The minimum absolute atomic E-state index is 0.488. The van der Waals surface area contributed by atoms with Crippen LogP contribution in [0.15, 0.2) is 111 Å². The van der Waals surface area contributed by atoms with Crippen LogP contribution in [0.4, 0.5) is 0 Å². The van der Waals surface area contributed by atoms with Crippen LogP contribution >= 0.6 is 0 Å². The van der Waals surface area contributed by atoms with Gasteiger partial charge in [-0.05, 0) is 54.6 Å². The van der Waals surface area contributed by atoms with Crippen LogP contribution in [0.5, 0.6) is 0 Å². The van der Waals surface area contributed by atoms with E-state index in [-0.39, 0.29) is 0 Å². The summed E-state index contributed by atoms with van der Waals surface area (Å²) < 4.78 is 0. The van der Waals surface area contributed by atoms with E-state index in [4.69, 9.17) is 15.0 Å². The normalized spacial score (nSPS) is 10.9. The molecule has 7 rings (SSSR count). The van der Waals surface area contributed by atoms with Gasteiger partial charge in [-0.2, -0.15) is 0 Å². The molecule has 0 saturated heterocycles. The summed E-state index contributed by atoms with van der Waals surface area (Å²) in [6.45, 7) is 0. The van der Waals surface area contributed by atoms with Crippen LogP contribution in [-0.2, 0) is 0 Å². The van der Waals surface area contributed by atoms with Crippen molar-refractivity contribution in [2.24, 2.45) is 0 Å². The zero-order chi connectivity index (χ0) is 28.1. The molecule has 42 heavy (non-hydrogen) atoms. The average Bonchev–Trinajstić information content (AvgIpc) is 3.09. The summed E-state index contributed by atoms with van der Waals surface area (Å²) >= 11 is 0. The lowest BCUT2D eigenvalue weighted by Crippen LogP contribution is -1.97. The van der Waals surface area contributed by atoms with E-state index in [9.17, 15) is 0 Å². The van der Waals surface area contributed by atoms with Crippen molar-refractivity contribution < 1.29 is 0 Å². The van der Waals surface area contributed by atoms with Gasteiger partial charge < -0.3 is 0 Å². The van der Waals surface area contributed by atoms with Crippen LogP contribution in [0.2, 0.25) is 0 Å². The molecule has 0 aliphatic heterocycles. The van der Waals surface area contributed by atoms with Gasteiger partial charge in [0.2, 0.25) is 0 Å². The second-order valence-electron chi connectivity index (χ2n) is 8.91. The molecule has 0 aliphatic carbocycles. The van der Waals surface area contributed by atoms with Crippen LogP contribution in [0, 0.1) is 0 Å². The third kappa shape index (κ3) is 5.14. The number of pyridine rings is 3. The molecule has 0 aliphatic rings. The van der Waals surface area contributed by atoms with Crippen LogP contribution < -0.4 is 0 Å². The Morgan fingerprint density at radius 2 is 0.571 bits per heavy atom. The van der Waals surface area contributed by atoms with E-state index < -0.39 is 0 Å². The Labute approximate surface area is 238 Å². The maximum absolute atomic E-state index is 4.87. The first kappa shape index (κ1) is 24.7. The SMILES string of the molecule is c1cc(-c2cc(-c3cccc(-c4ncncn4)n3)cc(-c3cccc(-c4ncncn4)n3)c2)nc(-c2ncncn2)c1. The molecule has 0 bridgehead atoms. The number of nitrogens with zero attached hydrogens (tertiary/aromatic N) is 12. The molecule has 0 amide bonds. The third-order valence-corrected chi connectivity index (χ3v) is 6.24. The van der Waals surface area contributed by atoms with E-state index >= 15 is 0 Å². The average molecular weight is 547 g/mol. The second kappa shape index (κ2) is 11.1. The van der Waals surface area contributed by atoms with E-state index in [1.165, 1.54) is 38.0 Å². The quantitative estimate of drug-likeness (QED) is 0.290. The second-order valence-corrected chi connectivity index (χ2v) is 8.91. The topological polar surface area (TPSA) is 155 Å². The zero-order valence-electron chi connectivity index (χ0n) is 21.8. The largest absolute Gasteiger partial charge is 0.244 e. The molecule has 0 radical (unpaired) electrons. The van der Waals surface area contributed by atoms with Gasteiger partial charge in [0.25, 0.3) is 0 Å². The summed E-state index contributed by atoms with van der Waals surface area (Å²) in [5.41, 5.74) is 6.68. The fourth-order valence-corrected chi connectivity index (χ4v) is 4.35. The molecule has 6 aromatic heterocycles. The summed E-state index contributed by atoms with van der Waals surface area (Å²) in [6.07, 6.45) is 8.70. The Morgan fingerprint density at radius 1 is 0.310 bits per heavy atom. The molecule has 1 aromatic carbocycles. The first-order valence-electron chi connectivity index (χ1n) is 12.7. The number of benzene rings is 1. The van der Waals surface area contributed by atoms with Crippen molar-refractivity contribution in [3.8, 4) is 68.3 Å². The summed E-state index contributed by atoms with van der Waals surface area (Å²) in [5, 5.41) is 0. The lowest BCUT2D eigenvalue weighted by Gasteiger charge is -2.12. The number of hydrogen-bond donors (Lipinski definition) is 0. The van der Waals surface area contributed by atoms with Crippen molar-refractivity contribution >= 4 is 0 Å². The lowest BCUT2D eigenvalue weighted by atomic mass is 9.98. The van der Waals surface area contributed by atoms with Gasteiger partial charge in [0.15, 0.2) is 17.5 Å². The predicted octanol–water partition coefficient (Wildman–Crippen LogP) is 4.43. The molecule has 198 valence electrons. The number of hydrogen-bond acceptors (Lipinski definition) is 12. The molecule has 6 heterocycles. The maximum Gasteiger partial charge on any atom is 0.181 e. The molecule has 12 nitrogen and oxygen atoms in total. The Hall–Kier alpha value is -6.30. The molecule has 0 saturated carbocycles. The van der Waals surface area contributed by atoms with Crippen molar-refractivity contribution in [3.63, 3.8) is 0 Å². The lowest BCUT2D eigenvalue weighted by molar-refractivity contribution is 1.04. The fraction of sp³-hybridized carbons (Fsp3) is 0. The molecular weight excluding hydrogens is 528 g/mol. The van der Waals surface area contributed by atoms with E-state index in [0.717, 1.165) is 33.8 Å². The predicted molar refractivity (Wildman–Crippen MR) is 153 cm³/mol. The van der Waals surface area contributed by atoms with Crippen molar-refractivity contribution in [2.45, 2.75) is 0 Å². The molecule has 0 atom stereocenters. The van der Waals surface area contributed by atoms with Gasteiger partial charge in [0.05, 0.1) is 17.1 Å². The summed E-state index contributed by atoms with van der Waals surface area (Å²) in [7, 11) is 0. The van der Waals surface area contributed by atoms with Crippen LogP contribution in [0.1, 0.15) is 0 Å². The zero-order valence-corrected chi connectivity index (χ0v) is 21.8. The third-order valence-electron chi connectivity index (χ3n) is 6.24. The van der Waals surface area contributed by atoms with Crippen molar-refractivity contribution in [3.05, 3.63) is 111 Å². The van der Waals surface area contributed by atoms with Gasteiger partial charge >= 0.3 is 0 Å². The van der Waals surface area contributed by atoms with Gasteiger partial charge in [0, 0.05) is 16.7 Å². The minimum Gasteiger partial charge on any atom is -0.244 e. The molecule has 0 N–H and O–H groups in total. The molecule has 12 heteroatoms. The molecule has 7 aromatic rings. The van der Waals surface area contributed by atoms with Gasteiger partial charge in [-0.3, -0.25) is 0 Å². The van der Waals surface area contributed by atoms with Gasteiger partial charge in [-0.15, -0.1) is 0 Å². The highest BCUT2D eigenvalue weighted by atomic mass is 15.0.